The topological polar surface area (TPSA) is 52.0 Å². The van der Waals surface area contributed by atoms with Crippen molar-refractivity contribution in [2.24, 2.45) is 5.92 Å². The van der Waals surface area contributed by atoms with Crippen molar-refractivity contribution in [1.82, 2.24) is 5.16 Å². The quantitative estimate of drug-likeness (QED) is 0.823. The van der Waals surface area contributed by atoms with E-state index >= 15 is 0 Å². The summed E-state index contributed by atoms with van der Waals surface area (Å²) in [6, 6.07) is 0. The van der Waals surface area contributed by atoms with E-state index in [2.05, 4.69) is 9.68 Å². The molecule has 0 aliphatic rings. The van der Waals surface area contributed by atoms with Crippen LogP contribution < -0.4 is 5.73 Å². The Morgan fingerprint density at radius 3 is 2.50 bits per heavy atom. The summed E-state index contributed by atoms with van der Waals surface area (Å²) in [5, 5.41) is 3.36. The number of rotatable bonds is 3. The van der Waals surface area contributed by atoms with Gasteiger partial charge in [0.1, 0.15) is 0 Å². The first-order chi connectivity index (χ1) is 6.32. The Bertz CT molecular complexity index is 315. The maximum Gasteiger partial charge on any atom is 0.305 e. The second kappa shape index (κ2) is 3.55. The van der Waals surface area contributed by atoms with Gasteiger partial charge in [-0.05, 0) is 12.3 Å². The van der Waals surface area contributed by atoms with Crippen LogP contribution in [0.2, 0.25) is 0 Å². The van der Waals surface area contributed by atoms with E-state index in [1.165, 1.54) is 0 Å². The zero-order valence-corrected chi connectivity index (χ0v) is 8.47. The lowest BCUT2D eigenvalue weighted by Gasteiger charge is -2.09. The van der Waals surface area contributed by atoms with Gasteiger partial charge >= 0.3 is 5.92 Å². The van der Waals surface area contributed by atoms with Crippen LogP contribution in [0.4, 0.5) is 14.6 Å². The van der Waals surface area contributed by atoms with Crippen LogP contribution in [0.25, 0.3) is 0 Å². The largest absolute Gasteiger partial charge is 0.381 e. The number of nitrogens with two attached hydrogens (primary N) is 1. The average molecular weight is 204 g/mol. The van der Waals surface area contributed by atoms with Gasteiger partial charge < -0.3 is 10.3 Å². The molecule has 5 heteroatoms. The van der Waals surface area contributed by atoms with E-state index in [9.17, 15) is 8.78 Å². The fraction of sp³-hybridized carbons (Fsp3) is 0.667. The lowest BCUT2D eigenvalue weighted by atomic mass is 10.0. The minimum absolute atomic E-state index is 0.0650. The molecule has 0 amide bonds. The van der Waals surface area contributed by atoms with Crippen molar-refractivity contribution < 1.29 is 13.3 Å². The summed E-state index contributed by atoms with van der Waals surface area (Å²) in [7, 11) is 0. The number of alkyl halides is 2. The predicted molar refractivity (Wildman–Crippen MR) is 49.0 cm³/mol. The van der Waals surface area contributed by atoms with Crippen molar-refractivity contribution in [1.29, 1.82) is 0 Å². The number of anilines is 1. The van der Waals surface area contributed by atoms with Crippen molar-refractivity contribution >= 4 is 5.82 Å². The molecule has 3 nitrogen and oxygen atoms in total. The van der Waals surface area contributed by atoms with Crippen LogP contribution in [0.5, 0.6) is 0 Å². The molecule has 80 valence electrons. The van der Waals surface area contributed by atoms with Gasteiger partial charge in [-0.15, -0.1) is 0 Å². The minimum Gasteiger partial charge on any atom is -0.381 e. The molecule has 1 heterocycles. The molecule has 0 aromatic carbocycles. The van der Waals surface area contributed by atoms with Gasteiger partial charge in [0.15, 0.2) is 5.82 Å². The number of hydrogen-bond donors (Lipinski definition) is 1. The Labute approximate surface area is 81.3 Å². The number of halogens is 2. The van der Waals surface area contributed by atoms with E-state index in [-0.39, 0.29) is 11.7 Å². The van der Waals surface area contributed by atoms with E-state index in [0.29, 0.717) is 12.0 Å². The fourth-order valence-electron chi connectivity index (χ4n) is 1.27. The predicted octanol–water partition coefficient (Wildman–Crippen LogP) is 2.57. The van der Waals surface area contributed by atoms with Gasteiger partial charge in [0.25, 0.3) is 0 Å². The minimum atomic E-state index is -3.02. The van der Waals surface area contributed by atoms with E-state index in [1.54, 1.807) is 0 Å². The second-order valence-corrected chi connectivity index (χ2v) is 3.86. The van der Waals surface area contributed by atoms with E-state index in [1.807, 2.05) is 13.8 Å². The SMILES string of the molecule is CC(C)Cc1c(N)noc1C(C)(F)F. The highest BCUT2D eigenvalue weighted by Crippen LogP contribution is 2.33. The van der Waals surface area contributed by atoms with Crippen molar-refractivity contribution in [2.75, 3.05) is 5.73 Å². The van der Waals surface area contributed by atoms with Crippen LogP contribution in [0, 0.1) is 5.92 Å². The summed E-state index contributed by atoms with van der Waals surface area (Å²) in [5.74, 6) is -3.13. The van der Waals surface area contributed by atoms with Gasteiger partial charge in [-0.3, -0.25) is 0 Å². The third kappa shape index (κ3) is 2.21. The summed E-state index contributed by atoms with van der Waals surface area (Å²) in [6.45, 7) is 4.62. The highest BCUT2D eigenvalue weighted by Gasteiger charge is 2.34. The first-order valence-electron chi connectivity index (χ1n) is 4.44. The third-order valence-corrected chi connectivity index (χ3v) is 1.83. The summed E-state index contributed by atoms with van der Waals surface area (Å²) in [6.07, 6.45) is 0.452. The summed E-state index contributed by atoms with van der Waals surface area (Å²) < 4.78 is 30.5. The first kappa shape index (κ1) is 10.9. The van der Waals surface area contributed by atoms with Crippen molar-refractivity contribution in [3.8, 4) is 0 Å². The number of aromatic nitrogens is 1. The molecule has 0 fully saturated rings. The van der Waals surface area contributed by atoms with Crippen LogP contribution in [-0.2, 0) is 12.3 Å². The van der Waals surface area contributed by atoms with E-state index in [0.717, 1.165) is 6.92 Å². The van der Waals surface area contributed by atoms with Gasteiger partial charge in [-0.2, -0.15) is 8.78 Å². The number of nitrogens with zero attached hydrogens (tertiary/aromatic N) is 1. The highest BCUT2D eigenvalue weighted by atomic mass is 19.3. The van der Waals surface area contributed by atoms with Crippen LogP contribution >= 0.6 is 0 Å². The molecule has 0 aliphatic heterocycles. The molecule has 0 spiro atoms. The molecule has 0 aliphatic carbocycles. The standard InChI is InChI=1S/C9H14F2N2O/c1-5(2)4-6-7(9(3,10)11)14-13-8(6)12/h5H,4H2,1-3H3,(H2,12,13). The van der Waals surface area contributed by atoms with E-state index in [4.69, 9.17) is 5.73 Å². The molecule has 0 saturated heterocycles. The fourth-order valence-corrected chi connectivity index (χ4v) is 1.27. The van der Waals surface area contributed by atoms with Crippen LogP contribution in [0.1, 0.15) is 32.1 Å². The number of hydrogen-bond acceptors (Lipinski definition) is 3. The normalized spacial score (nSPS) is 12.4. The Hall–Kier alpha value is -1.13. The Balaban J connectivity index is 3.06. The Morgan fingerprint density at radius 1 is 1.50 bits per heavy atom. The average Bonchev–Trinajstić information content (AvgIpc) is 2.30. The van der Waals surface area contributed by atoms with Gasteiger partial charge in [0.05, 0.1) is 0 Å². The molecular formula is C9H14F2N2O. The van der Waals surface area contributed by atoms with Crippen LogP contribution in [0.15, 0.2) is 4.52 Å². The molecule has 1 rings (SSSR count). The Morgan fingerprint density at radius 2 is 2.07 bits per heavy atom. The lowest BCUT2D eigenvalue weighted by Crippen LogP contribution is -2.10. The number of nitrogen functional groups attached to an aromatic ring is 1. The molecular weight excluding hydrogens is 190 g/mol. The van der Waals surface area contributed by atoms with Gasteiger partial charge in [-0.25, -0.2) is 0 Å². The van der Waals surface area contributed by atoms with Crippen LogP contribution in [0.3, 0.4) is 0 Å². The second-order valence-electron chi connectivity index (χ2n) is 3.86. The molecule has 0 radical (unpaired) electrons. The van der Waals surface area contributed by atoms with Crippen LogP contribution in [-0.4, -0.2) is 5.16 Å². The zero-order chi connectivity index (χ0) is 10.9. The molecule has 0 saturated carbocycles. The summed E-state index contributed by atoms with van der Waals surface area (Å²) in [5.41, 5.74) is 5.77. The highest BCUT2D eigenvalue weighted by molar-refractivity contribution is 5.42. The van der Waals surface area contributed by atoms with Gasteiger partial charge in [0, 0.05) is 12.5 Å². The molecule has 2 N–H and O–H groups in total. The third-order valence-electron chi connectivity index (χ3n) is 1.83. The van der Waals surface area contributed by atoms with Gasteiger partial charge in [0.2, 0.25) is 5.76 Å². The Kier molecular flexibility index (Phi) is 2.78. The molecule has 0 unspecified atom stereocenters. The van der Waals surface area contributed by atoms with Crippen molar-refractivity contribution in [3.05, 3.63) is 11.3 Å². The maximum absolute atomic E-state index is 13.0. The van der Waals surface area contributed by atoms with Crippen molar-refractivity contribution in [3.63, 3.8) is 0 Å². The summed E-state index contributed by atoms with van der Waals surface area (Å²) >= 11 is 0. The smallest absolute Gasteiger partial charge is 0.305 e. The zero-order valence-electron chi connectivity index (χ0n) is 8.47. The maximum atomic E-state index is 13.0. The monoisotopic (exact) mass is 204 g/mol. The molecule has 1 aromatic heterocycles. The first-order valence-corrected chi connectivity index (χ1v) is 4.44. The molecule has 0 atom stereocenters. The summed E-state index contributed by atoms with van der Waals surface area (Å²) in [4.78, 5) is 0. The molecule has 1 aromatic rings. The molecule has 0 bridgehead atoms. The van der Waals surface area contributed by atoms with Gasteiger partial charge in [-0.1, -0.05) is 19.0 Å². The molecule has 14 heavy (non-hydrogen) atoms. The van der Waals surface area contributed by atoms with E-state index < -0.39 is 11.7 Å². The van der Waals surface area contributed by atoms with Crippen molar-refractivity contribution in [2.45, 2.75) is 33.1 Å². The lowest BCUT2D eigenvalue weighted by molar-refractivity contribution is -0.0116.